The molecule has 7 nitrogen and oxygen atoms in total. The van der Waals surface area contributed by atoms with E-state index in [1.807, 2.05) is 33.8 Å². The number of carbonyl (C=O) groups excluding carboxylic acids is 2. The van der Waals surface area contributed by atoms with Crippen molar-refractivity contribution < 1.29 is 18.7 Å². The molecule has 0 fully saturated rings. The number of aryl methyl sites for hydroxylation is 2. The van der Waals surface area contributed by atoms with Gasteiger partial charge in [0.15, 0.2) is 5.16 Å². The normalized spacial score (nSPS) is 11.8. The van der Waals surface area contributed by atoms with Gasteiger partial charge >= 0.3 is 0 Å². The lowest BCUT2D eigenvalue weighted by molar-refractivity contribution is -0.138. The van der Waals surface area contributed by atoms with Crippen molar-refractivity contribution >= 4 is 29.3 Å². The van der Waals surface area contributed by atoms with Gasteiger partial charge in [-0.25, -0.2) is 14.4 Å². The van der Waals surface area contributed by atoms with Crippen LogP contribution in [0.3, 0.4) is 0 Å². The summed E-state index contributed by atoms with van der Waals surface area (Å²) in [7, 11) is 1.57. The van der Waals surface area contributed by atoms with Crippen molar-refractivity contribution in [2.24, 2.45) is 5.92 Å². The number of carbonyl (C=O) groups is 2. The molecular formula is C27H31FN4O3S. The van der Waals surface area contributed by atoms with Crippen molar-refractivity contribution in [3.8, 4) is 5.75 Å². The Morgan fingerprint density at radius 2 is 1.64 bits per heavy atom. The van der Waals surface area contributed by atoms with E-state index in [-0.39, 0.29) is 35.8 Å². The van der Waals surface area contributed by atoms with Gasteiger partial charge in [0.1, 0.15) is 17.6 Å². The molecule has 36 heavy (non-hydrogen) atoms. The topological polar surface area (TPSA) is 84.4 Å². The van der Waals surface area contributed by atoms with Crippen LogP contribution < -0.4 is 10.1 Å². The summed E-state index contributed by atoms with van der Waals surface area (Å²) < 4.78 is 18.7. The molecule has 1 atom stereocenters. The number of rotatable bonds is 10. The summed E-state index contributed by atoms with van der Waals surface area (Å²) in [5, 5.41) is 3.42. The number of methoxy groups -OCH3 is 1. The third-order valence-corrected chi connectivity index (χ3v) is 6.30. The number of hydrogen-bond donors (Lipinski definition) is 1. The van der Waals surface area contributed by atoms with E-state index in [1.165, 1.54) is 23.9 Å². The van der Waals surface area contributed by atoms with Gasteiger partial charge in [-0.15, -0.1) is 0 Å². The second-order valence-electron chi connectivity index (χ2n) is 8.78. The quantitative estimate of drug-likeness (QED) is 0.304. The van der Waals surface area contributed by atoms with E-state index in [0.29, 0.717) is 16.6 Å². The first-order valence-electron chi connectivity index (χ1n) is 11.6. The summed E-state index contributed by atoms with van der Waals surface area (Å²) in [6.45, 7) is 7.69. The highest BCUT2D eigenvalue weighted by molar-refractivity contribution is 7.99. The molecule has 2 amide bonds. The molecule has 0 saturated heterocycles. The first-order valence-corrected chi connectivity index (χ1v) is 12.6. The van der Waals surface area contributed by atoms with Crippen LogP contribution in [0.1, 0.15) is 30.8 Å². The summed E-state index contributed by atoms with van der Waals surface area (Å²) in [5.74, 6) is -0.364. The number of nitrogens with one attached hydrogen (secondary N) is 1. The molecule has 0 spiro atoms. The second kappa shape index (κ2) is 12.5. The van der Waals surface area contributed by atoms with Gasteiger partial charge in [-0.1, -0.05) is 37.7 Å². The molecule has 3 aromatic rings. The van der Waals surface area contributed by atoms with Crippen LogP contribution in [0.2, 0.25) is 0 Å². The molecule has 0 bridgehead atoms. The first kappa shape index (κ1) is 27.1. The van der Waals surface area contributed by atoms with Gasteiger partial charge in [0.25, 0.3) is 0 Å². The molecular weight excluding hydrogens is 479 g/mol. The van der Waals surface area contributed by atoms with E-state index in [9.17, 15) is 14.0 Å². The lowest BCUT2D eigenvalue weighted by Gasteiger charge is -2.33. The third kappa shape index (κ3) is 7.52. The highest BCUT2D eigenvalue weighted by Gasteiger charge is 2.33. The number of hydrogen-bond acceptors (Lipinski definition) is 6. The minimum atomic E-state index is -0.759. The molecule has 0 radical (unpaired) electrons. The average Bonchev–Trinajstić information content (AvgIpc) is 2.83. The maximum Gasteiger partial charge on any atom is 0.247 e. The van der Waals surface area contributed by atoms with Gasteiger partial charge < -0.3 is 15.0 Å². The van der Waals surface area contributed by atoms with Gasteiger partial charge in [-0.3, -0.25) is 9.59 Å². The predicted molar refractivity (Wildman–Crippen MR) is 139 cm³/mol. The minimum Gasteiger partial charge on any atom is -0.497 e. The Balaban J connectivity index is 1.85. The van der Waals surface area contributed by atoms with Gasteiger partial charge in [0.05, 0.1) is 12.9 Å². The van der Waals surface area contributed by atoms with Crippen LogP contribution in [0.25, 0.3) is 0 Å². The van der Waals surface area contributed by atoms with Crippen LogP contribution in [0.15, 0.2) is 59.8 Å². The second-order valence-corrected chi connectivity index (χ2v) is 9.72. The molecule has 0 unspecified atom stereocenters. The molecule has 190 valence electrons. The highest BCUT2D eigenvalue weighted by atomic mass is 32.2. The molecule has 0 aliphatic carbocycles. The van der Waals surface area contributed by atoms with Crippen molar-refractivity contribution in [2.75, 3.05) is 18.2 Å². The van der Waals surface area contributed by atoms with Gasteiger partial charge in [0.2, 0.25) is 11.8 Å². The molecule has 2 aromatic carbocycles. The highest BCUT2D eigenvalue weighted by Crippen LogP contribution is 2.22. The SMILES string of the molecule is COc1ccc(NC(=O)[C@@H](C(C)C)N(Cc2ccc(F)cc2)C(=O)CSc2nc(C)cc(C)n2)cc1. The van der Waals surface area contributed by atoms with Crippen LogP contribution in [-0.4, -0.2) is 45.6 Å². The summed E-state index contributed by atoms with van der Waals surface area (Å²) in [5.41, 5.74) is 2.96. The standard InChI is InChI=1S/C27H31FN4O3S/c1-17(2)25(26(34)31-22-10-12-23(35-5)13-11-22)32(15-20-6-8-21(28)9-7-20)24(33)16-36-27-29-18(3)14-19(4)30-27/h6-14,17,25H,15-16H2,1-5H3,(H,31,34)/t25-/m1/s1. The Kier molecular flexibility index (Phi) is 9.41. The van der Waals surface area contributed by atoms with Crippen LogP contribution in [0.4, 0.5) is 10.1 Å². The molecule has 1 N–H and O–H groups in total. The molecule has 0 aliphatic heterocycles. The smallest absolute Gasteiger partial charge is 0.247 e. The number of halogens is 1. The number of benzene rings is 2. The Hall–Kier alpha value is -3.46. The summed E-state index contributed by atoms with van der Waals surface area (Å²) >= 11 is 1.23. The van der Waals surface area contributed by atoms with Crippen molar-refractivity contribution in [3.63, 3.8) is 0 Å². The number of ether oxygens (including phenoxy) is 1. The van der Waals surface area contributed by atoms with Crippen LogP contribution in [0.5, 0.6) is 5.75 Å². The van der Waals surface area contributed by atoms with Crippen LogP contribution in [-0.2, 0) is 16.1 Å². The van der Waals surface area contributed by atoms with Gasteiger partial charge in [-0.05, 0) is 67.8 Å². The van der Waals surface area contributed by atoms with E-state index >= 15 is 0 Å². The van der Waals surface area contributed by atoms with Crippen molar-refractivity contribution in [1.29, 1.82) is 0 Å². The fourth-order valence-electron chi connectivity index (χ4n) is 3.79. The molecule has 9 heteroatoms. The number of nitrogens with zero attached hydrogens (tertiary/aromatic N) is 3. The third-order valence-electron chi connectivity index (χ3n) is 5.47. The fourth-order valence-corrected chi connectivity index (χ4v) is 4.63. The van der Waals surface area contributed by atoms with E-state index in [0.717, 1.165) is 17.0 Å². The zero-order chi connectivity index (χ0) is 26.2. The van der Waals surface area contributed by atoms with E-state index in [2.05, 4.69) is 15.3 Å². The first-order chi connectivity index (χ1) is 17.2. The maximum absolute atomic E-state index is 13.5. The number of amides is 2. The molecule has 0 aliphatic rings. The van der Waals surface area contributed by atoms with E-state index in [4.69, 9.17) is 4.74 Å². The van der Waals surface area contributed by atoms with E-state index in [1.54, 1.807) is 48.4 Å². The van der Waals surface area contributed by atoms with Gasteiger partial charge in [-0.2, -0.15) is 0 Å². The Morgan fingerprint density at radius 1 is 1.03 bits per heavy atom. The lowest BCUT2D eigenvalue weighted by atomic mass is 10.00. The number of thioether (sulfide) groups is 1. The Bertz CT molecular complexity index is 1170. The zero-order valence-corrected chi connectivity index (χ0v) is 21.9. The Labute approximate surface area is 215 Å². The largest absolute Gasteiger partial charge is 0.497 e. The fraction of sp³-hybridized carbons (Fsp3) is 0.333. The maximum atomic E-state index is 13.5. The molecule has 1 aromatic heterocycles. The van der Waals surface area contributed by atoms with Crippen LogP contribution >= 0.6 is 11.8 Å². The summed E-state index contributed by atoms with van der Waals surface area (Å²) in [6.07, 6.45) is 0. The average molecular weight is 511 g/mol. The Morgan fingerprint density at radius 3 is 2.19 bits per heavy atom. The predicted octanol–water partition coefficient (Wildman–Crippen LogP) is 5.03. The minimum absolute atomic E-state index is 0.0587. The van der Waals surface area contributed by atoms with Crippen LogP contribution in [0, 0.1) is 25.6 Å². The van der Waals surface area contributed by atoms with Gasteiger partial charge in [0, 0.05) is 23.6 Å². The van der Waals surface area contributed by atoms with Crippen molar-refractivity contribution in [1.82, 2.24) is 14.9 Å². The summed E-state index contributed by atoms with van der Waals surface area (Å²) in [4.78, 5) is 37.3. The van der Waals surface area contributed by atoms with Crippen molar-refractivity contribution in [3.05, 3.63) is 77.4 Å². The molecule has 0 saturated carbocycles. The zero-order valence-electron chi connectivity index (χ0n) is 21.1. The molecule has 3 rings (SSSR count). The number of anilines is 1. The number of aromatic nitrogens is 2. The van der Waals surface area contributed by atoms with E-state index < -0.39 is 6.04 Å². The monoisotopic (exact) mass is 510 g/mol. The van der Waals surface area contributed by atoms with Crippen molar-refractivity contribution in [2.45, 2.75) is 45.4 Å². The molecule has 1 heterocycles. The summed E-state index contributed by atoms with van der Waals surface area (Å²) in [6, 6.07) is 14.0. The lowest BCUT2D eigenvalue weighted by Crippen LogP contribution is -2.50.